The van der Waals surface area contributed by atoms with E-state index in [4.69, 9.17) is 28.9 Å². The molecule has 0 radical (unpaired) electrons. The molecule has 26 heavy (non-hydrogen) atoms. The number of amides is 1. The van der Waals surface area contributed by atoms with Gasteiger partial charge in [0.15, 0.2) is 11.0 Å². The van der Waals surface area contributed by atoms with Crippen LogP contribution in [0.5, 0.6) is 0 Å². The SMILES string of the molecule is Cc1nc(NC(=O)CSc2nc(N)c3c(C)c(C)sc3n2)c(Cl)cc1Cl. The third kappa shape index (κ3) is 3.88. The van der Waals surface area contributed by atoms with E-state index in [1.807, 2.05) is 13.8 Å². The first-order valence-electron chi connectivity index (χ1n) is 7.54. The number of hydrogen-bond acceptors (Lipinski definition) is 7. The number of nitrogens with two attached hydrogens (primary N) is 1. The van der Waals surface area contributed by atoms with Crippen molar-refractivity contribution in [3.8, 4) is 0 Å². The Morgan fingerprint density at radius 2 is 1.96 bits per heavy atom. The highest BCUT2D eigenvalue weighted by Gasteiger charge is 2.15. The Balaban J connectivity index is 1.72. The van der Waals surface area contributed by atoms with Gasteiger partial charge in [-0.25, -0.2) is 15.0 Å². The lowest BCUT2D eigenvalue weighted by Gasteiger charge is -2.08. The highest BCUT2D eigenvalue weighted by molar-refractivity contribution is 7.99. The first kappa shape index (κ1) is 19.2. The second-order valence-corrected chi connectivity index (χ2v) is 8.54. The zero-order valence-electron chi connectivity index (χ0n) is 14.2. The number of halogens is 2. The number of nitrogen functional groups attached to an aromatic ring is 1. The summed E-state index contributed by atoms with van der Waals surface area (Å²) in [5, 5.41) is 4.74. The molecule has 10 heteroatoms. The van der Waals surface area contributed by atoms with E-state index in [9.17, 15) is 4.79 Å². The molecule has 3 aromatic heterocycles. The maximum absolute atomic E-state index is 12.2. The molecular weight excluding hydrogens is 413 g/mol. The van der Waals surface area contributed by atoms with Crippen LogP contribution in [0.1, 0.15) is 16.1 Å². The molecule has 0 saturated carbocycles. The van der Waals surface area contributed by atoms with Crippen molar-refractivity contribution < 1.29 is 4.79 Å². The number of rotatable bonds is 4. The van der Waals surface area contributed by atoms with E-state index in [0.29, 0.717) is 21.7 Å². The molecule has 0 aliphatic heterocycles. The number of anilines is 2. The van der Waals surface area contributed by atoms with Gasteiger partial charge in [-0.05, 0) is 32.4 Å². The Morgan fingerprint density at radius 1 is 1.23 bits per heavy atom. The average Bonchev–Trinajstić information content (AvgIpc) is 2.85. The molecule has 1 amide bonds. The summed E-state index contributed by atoms with van der Waals surface area (Å²) >= 11 is 14.8. The number of fused-ring (bicyclic) bond motifs is 1. The van der Waals surface area contributed by atoms with Crippen molar-refractivity contribution in [1.82, 2.24) is 15.0 Å². The van der Waals surface area contributed by atoms with Gasteiger partial charge in [-0.1, -0.05) is 35.0 Å². The largest absolute Gasteiger partial charge is 0.383 e. The third-order valence-corrected chi connectivity index (χ3v) is 6.35. The number of aryl methyl sites for hydroxylation is 3. The molecule has 0 aliphatic rings. The Kier molecular flexibility index (Phi) is 5.57. The van der Waals surface area contributed by atoms with Gasteiger partial charge in [0.2, 0.25) is 5.91 Å². The number of thioether (sulfide) groups is 1. The highest BCUT2D eigenvalue weighted by Crippen LogP contribution is 2.33. The lowest BCUT2D eigenvalue weighted by Crippen LogP contribution is -2.16. The van der Waals surface area contributed by atoms with Gasteiger partial charge in [-0.15, -0.1) is 11.3 Å². The topological polar surface area (TPSA) is 93.8 Å². The molecule has 0 bridgehead atoms. The maximum Gasteiger partial charge on any atom is 0.236 e. The van der Waals surface area contributed by atoms with Crippen LogP contribution in [0.4, 0.5) is 11.6 Å². The molecule has 3 rings (SSSR count). The Labute approximate surface area is 168 Å². The minimum Gasteiger partial charge on any atom is -0.383 e. The predicted molar refractivity (Wildman–Crippen MR) is 110 cm³/mol. The smallest absolute Gasteiger partial charge is 0.236 e. The molecule has 0 atom stereocenters. The quantitative estimate of drug-likeness (QED) is 0.465. The lowest BCUT2D eigenvalue weighted by atomic mass is 10.2. The molecule has 0 saturated heterocycles. The minimum absolute atomic E-state index is 0.105. The van der Waals surface area contributed by atoms with Crippen LogP contribution in [0.25, 0.3) is 10.2 Å². The van der Waals surface area contributed by atoms with Gasteiger partial charge in [-0.2, -0.15) is 0 Å². The monoisotopic (exact) mass is 427 g/mol. The summed E-state index contributed by atoms with van der Waals surface area (Å²) in [6, 6.07) is 1.55. The van der Waals surface area contributed by atoms with Crippen molar-refractivity contribution in [1.29, 1.82) is 0 Å². The molecule has 6 nitrogen and oxygen atoms in total. The highest BCUT2D eigenvalue weighted by atomic mass is 35.5. The summed E-state index contributed by atoms with van der Waals surface area (Å²) in [6.45, 7) is 5.76. The van der Waals surface area contributed by atoms with E-state index in [-0.39, 0.29) is 22.5 Å². The van der Waals surface area contributed by atoms with Crippen molar-refractivity contribution >= 4 is 74.1 Å². The van der Waals surface area contributed by atoms with Crippen molar-refractivity contribution in [2.24, 2.45) is 0 Å². The summed E-state index contributed by atoms with van der Waals surface area (Å²) in [6.07, 6.45) is 0. The number of carbonyl (C=O) groups excluding carboxylic acids is 1. The molecule has 0 spiro atoms. The summed E-state index contributed by atoms with van der Waals surface area (Å²) in [4.78, 5) is 27.1. The van der Waals surface area contributed by atoms with Gasteiger partial charge in [-0.3, -0.25) is 4.79 Å². The summed E-state index contributed by atoms with van der Waals surface area (Å²) < 4.78 is 0. The molecule has 0 fully saturated rings. The van der Waals surface area contributed by atoms with Crippen molar-refractivity contribution in [3.05, 3.63) is 32.2 Å². The van der Waals surface area contributed by atoms with Gasteiger partial charge in [0.25, 0.3) is 0 Å². The number of aromatic nitrogens is 3. The molecule has 0 unspecified atom stereocenters. The van der Waals surface area contributed by atoms with Crippen molar-refractivity contribution in [2.45, 2.75) is 25.9 Å². The number of nitrogens with one attached hydrogen (secondary N) is 1. The van der Waals surface area contributed by atoms with E-state index >= 15 is 0 Å². The average molecular weight is 428 g/mol. The summed E-state index contributed by atoms with van der Waals surface area (Å²) in [5.41, 5.74) is 7.73. The molecular formula is C16H15Cl2N5OS2. The normalized spacial score (nSPS) is 11.1. The first-order chi connectivity index (χ1) is 12.3. The number of pyridine rings is 1. The van der Waals surface area contributed by atoms with Crippen LogP contribution in [0.2, 0.25) is 10.0 Å². The zero-order valence-corrected chi connectivity index (χ0v) is 17.3. The van der Waals surface area contributed by atoms with Crippen LogP contribution >= 0.6 is 46.3 Å². The molecule has 3 N–H and O–H groups in total. The Bertz CT molecular complexity index is 1020. The second-order valence-electron chi connectivity index (χ2n) is 5.58. The van der Waals surface area contributed by atoms with Crippen molar-refractivity contribution in [2.75, 3.05) is 16.8 Å². The third-order valence-electron chi connectivity index (χ3n) is 3.73. The van der Waals surface area contributed by atoms with E-state index in [2.05, 4.69) is 20.3 Å². The number of hydrogen-bond donors (Lipinski definition) is 2. The van der Waals surface area contributed by atoms with Crippen molar-refractivity contribution in [3.63, 3.8) is 0 Å². The number of thiophene rings is 1. The summed E-state index contributed by atoms with van der Waals surface area (Å²) in [7, 11) is 0. The number of carbonyl (C=O) groups is 1. The second kappa shape index (κ2) is 7.56. The van der Waals surface area contributed by atoms with Gasteiger partial charge in [0.1, 0.15) is 10.6 Å². The fourth-order valence-electron chi connectivity index (χ4n) is 2.27. The van der Waals surface area contributed by atoms with E-state index in [1.54, 1.807) is 24.3 Å². The molecule has 3 aromatic rings. The van der Waals surface area contributed by atoms with Crippen LogP contribution in [-0.4, -0.2) is 26.6 Å². The molecule has 3 heterocycles. The fraction of sp³-hybridized carbons (Fsp3) is 0.250. The van der Waals surface area contributed by atoms with E-state index in [0.717, 1.165) is 20.7 Å². The van der Waals surface area contributed by atoms with Crippen LogP contribution in [0.15, 0.2) is 11.2 Å². The summed E-state index contributed by atoms with van der Waals surface area (Å²) in [5.74, 6) is 0.540. The fourth-order valence-corrected chi connectivity index (χ4v) is 4.42. The van der Waals surface area contributed by atoms with Crippen LogP contribution in [0.3, 0.4) is 0 Å². The Hall–Kier alpha value is -1.61. The van der Waals surface area contributed by atoms with Crippen LogP contribution < -0.4 is 11.1 Å². The van der Waals surface area contributed by atoms with Crippen LogP contribution in [0, 0.1) is 20.8 Å². The molecule has 0 aromatic carbocycles. The molecule has 0 aliphatic carbocycles. The van der Waals surface area contributed by atoms with E-state index < -0.39 is 0 Å². The van der Waals surface area contributed by atoms with Crippen LogP contribution in [-0.2, 0) is 4.79 Å². The minimum atomic E-state index is -0.271. The Morgan fingerprint density at radius 3 is 2.69 bits per heavy atom. The van der Waals surface area contributed by atoms with Gasteiger partial charge < -0.3 is 11.1 Å². The number of nitrogens with zero attached hydrogens (tertiary/aromatic N) is 3. The molecule has 136 valence electrons. The van der Waals surface area contributed by atoms with Gasteiger partial charge in [0, 0.05) is 4.88 Å². The predicted octanol–water partition coefficient (Wildman–Crippen LogP) is 4.63. The van der Waals surface area contributed by atoms with E-state index in [1.165, 1.54) is 11.8 Å². The lowest BCUT2D eigenvalue weighted by molar-refractivity contribution is -0.113. The first-order valence-corrected chi connectivity index (χ1v) is 10.1. The van der Waals surface area contributed by atoms with Gasteiger partial charge in [0.05, 0.1) is 26.9 Å². The maximum atomic E-state index is 12.2. The van der Waals surface area contributed by atoms with Gasteiger partial charge >= 0.3 is 0 Å². The standard InChI is InChI=1S/C16H15Cl2N5OS2/c1-6-8(3)26-15-12(6)13(19)22-16(23-15)25-5-11(24)21-14-10(18)4-9(17)7(2)20-14/h4H,5H2,1-3H3,(H2,19,22,23)(H,20,21,24). The zero-order chi connectivity index (χ0) is 19.0.